The molecule has 1 saturated heterocycles. The van der Waals surface area contributed by atoms with Crippen molar-refractivity contribution >= 4 is 0 Å². The van der Waals surface area contributed by atoms with Gasteiger partial charge in [0.1, 0.15) is 24.4 Å². The zero-order valence-electron chi connectivity index (χ0n) is 14.1. The molecule has 1 heterocycles. The standard InChI is InChI=1S/C16H32O6/c1-5-6-7-10(2)8-16(3,4)21-9-11-12(17)13(18)14(19)15(20)22-11/h10-15,17-20H,5-9H2,1-4H3. The van der Waals surface area contributed by atoms with Gasteiger partial charge >= 0.3 is 0 Å². The van der Waals surface area contributed by atoms with Gasteiger partial charge in [-0.1, -0.05) is 33.1 Å². The Bertz CT molecular complexity index is 322. The first kappa shape index (κ1) is 19.8. The van der Waals surface area contributed by atoms with E-state index in [0.29, 0.717) is 5.92 Å². The summed E-state index contributed by atoms with van der Waals surface area (Å²) in [5.41, 5.74) is -0.387. The van der Waals surface area contributed by atoms with Crippen molar-refractivity contribution in [3.8, 4) is 0 Å². The van der Waals surface area contributed by atoms with Gasteiger partial charge in [-0.3, -0.25) is 0 Å². The first-order valence-electron chi connectivity index (χ1n) is 8.19. The molecule has 0 saturated carbocycles. The van der Waals surface area contributed by atoms with Crippen molar-refractivity contribution in [1.82, 2.24) is 0 Å². The van der Waals surface area contributed by atoms with Crippen LogP contribution in [0.15, 0.2) is 0 Å². The number of hydrogen-bond acceptors (Lipinski definition) is 6. The summed E-state index contributed by atoms with van der Waals surface area (Å²) in [6.07, 6.45) is -2.22. The van der Waals surface area contributed by atoms with Crippen molar-refractivity contribution < 1.29 is 29.9 Å². The van der Waals surface area contributed by atoms with E-state index in [1.54, 1.807) is 0 Å². The van der Waals surface area contributed by atoms with Crippen molar-refractivity contribution in [3.63, 3.8) is 0 Å². The molecule has 0 aliphatic carbocycles. The van der Waals surface area contributed by atoms with Gasteiger partial charge in [0.25, 0.3) is 0 Å². The maximum absolute atomic E-state index is 9.89. The van der Waals surface area contributed by atoms with Crippen LogP contribution < -0.4 is 0 Å². The van der Waals surface area contributed by atoms with E-state index < -0.39 is 30.7 Å². The largest absolute Gasteiger partial charge is 0.387 e. The van der Waals surface area contributed by atoms with Crippen LogP contribution in [0.3, 0.4) is 0 Å². The number of aliphatic hydroxyl groups excluding tert-OH is 4. The van der Waals surface area contributed by atoms with Gasteiger partial charge in [-0.05, 0) is 26.2 Å². The molecule has 0 aromatic rings. The quantitative estimate of drug-likeness (QED) is 0.528. The zero-order chi connectivity index (χ0) is 16.9. The molecule has 132 valence electrons. The first-order chi connectivity index (χ1) is 10.2. The van der Waals surface area contributed by atoms with Crippen LogP contribution in [0.2, 0.25) is 0 Å². The van der Waals surface area contributed by atoms with E-state index in [1.807, 2.05) is 13.8 Å². The molecule has 1 aliphatic rings. The molecule has 1 aliphatic heterocycles. The predicted octanol–water partition coefficient (Wildman–Crippen LogP) is 0.798. The van der Waals surface area contributed by atoms with Crippen molar-refractivity contribution in [1.29, 1.82) is 0 Å². The summed E-state index contributed by atoms with van der Waals surface area (Å²) >= 11 is 0. The third-order valence-corrected chi connectivity index (χ3v) is 4.22. The van der Waals surface area contributed by atoms with Crippen LogP contribution in [0.4, 0.5) is 0 Å². The Hall–Kier alpha value is -0.240. The summed E-state index contributed by atoms with van der Waals surface area (Å²) in [5, 5.41) is 38.5. The summed E-state index contributed by atoms with van der Waals surface area (Å²) in [5.74, 6) is 0.533. The van der Waals surface area contributed by atoms with Gasteiger partial charge in [0, 0.05) is 0 Å². The Balaban J connectivity index is 2.46. The second-order valence-electron chi connectivity index (χ2n) is 7.06. The van der Waals surface area contributed by atoms with Crippen LogP contribution in [0.5, 0.6) is 0 Å². The fourth-order valence-corrected chi connectivity index (χ4v) is 2.93. The molecule has 0 spiro atoms. The highest BCUT2D eigenvalue weighted by molar-refractivity contribution is 4.89. The van der Waals surface area contributed by atoms with Gasteiger partial charge in [0.2, 0.25) is 0 Å². The summed E-state index contributed by atoms with van der Waals surface area (Å²) in [6, 6.07) is 0. The Morgan fingerprint density at radius 2 is 1.73 bits per heavy atom. The zero-order valence-corrected chi connectivity index (χ0v) is 14.1. The lowest BCUT2D eigenvalue weighted by molar-refractivity contribution is -0.292. The molecule has 1 fully saturated rings. The van der Waals surface area contributed by atoms with E-state index in [1.165, 1.54) is 12.8 Å². The number of aliphatic hydroxyl groups is 4. The van der Waals surface area contributed by atoms with E-state index in [-0.39, 0.29) is 12.2 Å². The molecule has 6 unspecified atom stereocenters. The molecule has 22 heavy (non-hydrogen) atoms. The molecule has 4 N–H and O–H groups in total. The second-order valence-corrected chi connectivity index (χ2v) is 7.06. The molecule has 6 atom stereocenters. The van der Waals surface area contributed by atoms with Crippen LogP contribution in [0, 0.1) is 5.92 Å². The molecule has 0 aromatic carbocycles. The summed E-state index contributed by atoms with van der Waals surface area (Å²) < 4.78 is 11.0. The lowest BCUT2D eigenvalue weighted by Crippen LogP contribution is -2.59. The summed E-state index contributed by atoms with van der Waals surface area (Å²) in [4.78, 5) is 0. The first-order valence-corrected chi connectivity index (χ1v) is 8.19. The molecular weight excluding hydrogens is 288 g/mol. The maximum atomic E-state index is 9.89. The Kier molecular flexibility index (Phi) is 7.71. The molecule has 0 radical (unpaired) electrons. The van der Waals surface area contributed by atoms with Gasteiger partial charge in [0.15, 0.2) is 6.29 Å². The summed E-state index contributed by atoms with van der Waals surface area (Å²) in [7, 11) is 0. The Labute approximate surface area is 133 Å². The molecule has 0 bridgehead atoms. The minimum atomic E-state index is -1.52. The Morgan fingerprint density at radius 1 is 1.09 bits per heavy atom. The fraction of sp³-hybridized carbons (Fsp3) is 1.00. The van der Waals surface area contributed by atoms with Crippen LogP contribution in [-0.4, -0.2) is 63.3 Å². The molecule has 1 rings (SSSR count). The normalized spacial score (nSPS) is 34.6. The lowest BCUT2D eigenvalue weighted by atomic mass is 9.91. The molecule has 0 aromatic heterocycles. The van der Waals surface area contributed by atoms with Crippen molar-refractivity contribution in [2.24, 2.45) is 5.92 Å². The van der Waals surface area contributed by atoms with E-state index in [0.717, 1.165) is 12.8 Å². The number of unbranched alkanes of at least 4 members (excludes halogenated alkanes) is 1. The molecule has 6 heteroatoms. The van der Waals surface area contributed by atoms with Gasteiger partial charge in [-0.2, -0.15) is 0 Å². The monoisotopic (exact) mass is 320 g/mol. The van der Waals surface area contributed by atoms with Crippen LogP contribution in [0.1, 0.15) is 53.4 Å². The predicted molar refractivity (Wildman–Crippen MR) is 82.2 cm³/mol. The highest BCUT2D eigenvalue weighted by Crippen LogP contribution is 2.26. The van der Waals surface area contributed by atoms with Crippen molar-refractivity contribution in [3.05, 3.63) is 0 Å². The third-order valence-electron chi connectivity index (χ3n) is 4.22. The van der Waals surface area contributed by atoms with E-state index in [4.69, 9.17) is 9.47 Å². The van der Waals surface area contributed by atoms with Gasteiger partial charge in [-0.15, -0.1) is 0 Å². The minimum absolute atomic E-state index is 0.0511. The Morgan fingerprint density at radius 3 is 2.32 bits per heavy atom. The fourth-order valence-electron chi connectivity index (χ4n) is 2.93. The van der Waals surface area contributed by atoms with Crippen molar-refractivity contribution in [2.45, 2.75) is 89.7 Å². The van der Waals surface area contributed by atoms with Gasteiger partial charge in [0.05, 0.1) is 12.2 Å². The van der Waals surface area contributed by atoms with Crippen molar-refractivity contribution in [2.75, 3.05) is 6.61 Å². The SMILES string of the molecule is CCCCC(C)CC(C)(C)OCC1OC(O)C(O)C(O)C1O. The molecule has 6 nitrogen and oxygen atoms in total. The summed E-state index contributed by atoms with van der Waals surface area (Å²) in [6.45, 7) is 8.37. The highest BCUT2D eigenvalue weighted by atomic mass is 16.6. The highest BCUT2D eigenvalue weighted by Gasteiger charge is 2.43. The van der Waals surface area contributed by atoms with Crippen LogP contribution >= 0.6 is 0 Å². The lowest BCUT2D eigenvalue weighted by Gasteiger charge is -2.39. The molecular formula is C16H32O6. The minimum Gasteiger partial charge on any atom is -0.387 e. The van der Waals surface area contributed by atoms with E-state index in [2.05, 4.69) is 13.8 Å². The van der Waals surface area contributed by atoms with Crippen LogP contribution in [0.25, 0.3) is 0 Å². The van der Waals surface area contributed by atoms with E-state index in [9.17, 15) is 20.4 Å². The number of rotatable bonds is 8. The van der Waals surface area contributed by atoms with Gasteiger partial charge in [-0.25, -0.2) is 0 Å². The smallest absolute Gasteiger partial charge is 0.184 e. The topological polar surface area (TPSA) is 99.4 Å². The average molecular weight is 320 g/mol. The van der Waals surface area contributed by atoms with Gasteiger partial charge < -0.3 is 29.9 Å². The van der Waals surface area contributed by atoms with Crippen LogP contribution in [-0.2, 0) is 9.47 Å². The number of hydrogen-bond donors (Lipinski definition) is 4. The van der Waals surface area contributed by atoms with E-state index >= 15 is 0 Å². The molecule has 0 amide bonds. The average Bonchev–Trinajstić information content (AvgIpc) is 2.45. The number of ether oxygens (including phenoxy) is 2. The maximum Gasteiger partial charge on any atom is 0.184 e. The third kappa shape index (κ3) is 5.76. The second kappa shape index (κ2) is 8.57.